The fourth-order valence-corrected chi connectivity index (χ4v) is 6.26. The van der Waals surface area contributed by atoms with Crippen LogP contribution in [0.25, 0.3) is 22.4 Å². The van der Waals surface area contributed by atoms with Gasteiger partial charge >= 0.3 is 6.09 Å². The maximum atomic E-state index is 15.1. The second-order valence-electron chi connectivity index (χ2n) is 12.3. The normalized spacial score (nSPS) is 16.7. The monoisotopic (exact) mass is 755 g/mol. The third-order valence-corrected chi connectivity index (χ3v) is 8.78. The summed E-state index contributed by atoms with van der Waals surface area (Å²) in [5, 5.41) is 6.09. The first kappa shape index (κ1) is 40.9. The minimum atomic E-state index is -0.722. The number of hydrogen-bond acceptors (Lipinski definition) is 6. The summed E-state index contributed by atoms with van der Waals surface area (Å²) in [6.07, 6.45) is 6.50. The molecule has 0 spiro atoms. The van der Waals surface area contributed by atoms with E-state index in [1.165, 1.54) is 13.2 Å². The van der Waals surface area contributed by atoms with E-state index in [1.54, 1.807) is 35.5 Å². The second-order valence-corrected chi connectivity index (χ2v) is 12.3. The predicted octanol–water partition coefficient (Wildman–Crippen LogP) is 6.74. The number of ether oxygens (including phenoxy) is 1. The lowest BCUT2D eigenvalue weighted by atomic mass is 9.96. The van der Waals surface area contributed by atoms with Crippen LogP contribution in [0.2, 0.25) is 0 Å². The molecule has 2 aliphatic rings. The standard InChI is InChI=1S/C37H38FN7O3.3ClH/c1-23(2)33(44-37(47)48-3)36(46)45-19-9-15-32(45)35-41-22-31(43-35)25-17-16-24(28(20-25)27-12-6-7-13-29(27)38)10-4-5-11-26-21-40-34(42-26)30-14-8-18-39-30;;;/h6-7,12-13,16-17,20-23,30,32-33,39H,8-9,14-15,18-19H2,1-3H3,(H,40,42)(H,41,43)(H,44,47);3*1H/t30-,32-,33-;;;/m0.../s1. The molecule has 2 aliphatic heterocycles. The van der Waals surface area contributed by atoms with Crippen molar-refractivity contribution >= 4 is 49.2 Å². The summed E-state index contributed by atoms with van der Waals surface area (Å²) in [5.41, 5.74) is 3.87. The molecule has 4 aromatic rings. The molecule has 2 saturated heterocycles. The van der Waals surface area contributed by atoms with Crippen molar-refractivity contribution in [1.29, 1.82) is 0 Å². The number of hydrogen-bond donors (Lipinski definition) is 4. The number of aromatic amines is 2. The molecule has 0 saturated carbocycles. The molecule has 270 valence electrons. The third kappa shape index (κ3) is 9.43. The molecule has 6 rings (SSSR count). The summed E-state index contributed by atoms with van der Waals surface area (Å²) in [6.45, 7) is 5.30. The summed E-state index contributed by atoms with van der Waals surface area (Å²) < 4.78 is 19.8. The number of likely N-dealkylation sites (tertiary alicyclic amines) is 1. The molecule has 0 bridgehead atoms. The van der Waals surface area contributed by atoms with E-state index in [4.69, 9.17) is 4.74 Å². The summed E-state index contributed by atoms with van der Waals surface area (Å²) in [6, 6.07) is 11.5. The zero-order valence-corrected chi connectivity index (χ0v) is 30.9. The van der Waals surface area contributed by atoms with Crippen LogP contribution in [0.3, 0.4) is 0 Å². The molecule has 4 N–H and O–H groups in total. The Balaban J connectivity index is 0.00000234. The van der Waals surface area contributed by atoms with E-state index in [0.717, 1.165) is 49.3 Å². The number of halogens is 4. The van der Waals surface area contributed by atoms with Crippen LogP contribution in [0.15, 0.2) is 54.9 Å². The molecule has 2 fully saturated rings. The van der Waals surface area contributed by atoms with Crippen molar-refractivity contribution in [2.24, 2.45) is 5.92 Å². The topological polar surface area (TPSA) is 128 Å². The number of methoxy groups -OCH3 is 1. The number of rotatable bonds is 7. The van der Waals surface area contributed by atoms with Gasteiger partial charge in [-0.05, 0) is 74.1 Å². The van der Waals surface area contributed by atoms with Crippen molar-refractivity contribution in [1.82, 2.24) is 35.5 Å². The average molecular weight is 757 g/mol. The Labute approximate surface area is 315 Å². The SMILES string of the molecule is COC(=O)N[C@H](C(=O)N1CCC[C@H]1c1ncc(-c2ccc(C#CC#Cc3cnc([C@@H]4CCCN4)[nH]3)c(-c3ccccc3F)c2)[nH]1)C(C)C.Cl.Cl.Cl. The molecular formula is C37H41Cl3FN7O3. The van der Waals surface area contributed by atoms with E-state index in [1.807, 2.05) is 32.0 Å². The minimum absolute atomic E-state index is 0. The molecule has 3 atom stereocenters. The van der Waals surface area contributed by atoms with E-state index in [-0.39, 0.29) is 66.9 Å². The summed E-state index contributed by atoms with van der Waals surface area (Å²) >= 11 is 0. The highest BCUT2D eigenvalue weighted by Crippen LogP contribution is 2.34. The number of nitrogens with zero attached hydrogens (tertiary/aromatic N) is 3. The number of benzene rings is 2. The van der Waals surface area contributed by atoms with Gasteiger partial charge in [0.25, 0.3) is 0 Å². The van der Waals surface area contributed by atoms with E-state index in [9.17, 15) is 9.59 Å². The Kier molecular flexibility index (Phi) is 15.0. The van der Waals surface area contributed by atoms with Crippen LogP contribution in [0.5, 0.6) is 0 Å². The lowest BCUT2D eigenvalue weighted by Crippen LogP contribution is -2.51. The summed E-state index contributed by atoms with van der Waals surface area (Å²) in [5.74, 6) is 12.8. The van der Waals surface area contributed by atoms with Crippen LogP contribution in [0.4, 0.5) is 9.18 Å². The average Bonchev–Trinajstić information content (AvgIpc) is 3.92. The smallest absolute Gasteiger partial charge is 0.407 e. The van der Waals surface area contributed by atoms with Gasteiger partial charge in [-0.1, -0.05) is 44.0 Å². The number of H-pyrrole nitrogens is 2. The zero-order valence-electron chi connectivity index (χ0n) is 28.4. The fraction of sp³-hybridized carbons (Fsp3) is 0.351. The van der Waals surface area contributed by atoms with Crippen molar-refractivity contribution in [3.63, 3.8) is 0 Å². The van der Waals surface area contributed by atoms with Gasteiger partial charge in [0, 0.05) is 28.8 Å². The van der Waals surface area contributed by atoms with Crippen LogP contribution >= 0.6 is 37.2 Å². The Morgan fingerprint density at radius 2 is 1.73 bits per heavy atom. The Hall–Kier alpha value is -4.52. The molecule has 51 heavy (non-hydrogen) atoms. The largest absolute Gasteiger partial charge is 0.453 e. The van der Waals surface area contributed by atoms with E-state index < -0.39 is 12.1 Å². The Morgan fingerprint density at radius 1 is 0.961 bits per heavy atom. The number of imidazole rings is 2. The van der Waals surface area contributed by atoms with E-state index >= 15 is 4.39 Å². The van der Waals surface area contributed by atoms with Gasteiger partial charge in [0.05, 0.1) is 37.3 Å². The fourth-order valence-electron chi connectivity index (χ4n) is 6.26. The molecule has 0 unspecified atom stereocenters. The van der Waals surface area contributed by atoms with Crippen molar-refractivity contribution in [2.45, 2.75) is 57.7 Å². The van der Waals surface area contributed by atoms with Gasteiger partial charge in [-0.15, -0.1) is 37.2 Å². The number of amides is 2. The van der Waals surface area contributed by atoms with Gasteiger partial charge in [0.1, 0.15) is 29.2 Å². The summed E-state index contributed by atoms with van der Waals surface area (Å²) in [4.78, 5) is 43.0. The van der Waals surface area contributed by atoms with Crippen molar-refractivity contribution in [3.8, 4) is 46.1 Å². The number of nitrogens with one attached hydrogen (secondary N) is 4. The molecule has 0 radical (unpaired) electrons. The maximum Gasteiger partial charge on any atom is 0.407 e. The van der Waals surface area contributed by atoms with Gasteiger partial charge < -0.3 is 30.2 Å². The highest BCUT2D eigenvalue weighted by molar-refractivity contribution is 5.87. The van der Waals surface area contributed by atoms with Gasteiger partial charge in [0.15, 0.2) is 0 Å². The van der Waals surface area contributed by atoms with Crippen molar-refractivity contribution in [3.05, 3.63) is 83.6 Å². The molecular weight excluding hydrogens is 716 g/mol. The highest BCUT2D eigenvalue weighted by Gasteiger charge is 2.37. The van der Waals surface area contributed by atoms with Gasteiger partial charge in [-0.3, -0.25) is 4.79 Å². The van der Waals surface area contributed by atoms with E-state index in [0.29, 0.717) is 34.8 Å². The van der Waals surface area contributed by atoms with Crippen molar-refractivity contribution in [2.75, 3.05) is 20.2 Å². The molecule has 2 amide bonds. The lowest BCUT2D eigenvalue weighted by Gasteiger charge is -2.30. The third-order valence-electron chi connectivity index (χ3n) is 8.78. The van der Waals surface area contributed by atoms with Gasteiger partial charge in [-0.2, -0.15) is 0 Å². The first-order chi connectivity index (χ1) is 23.3. The van der Waals surface area contributed by atoms with Crippen LogP contribution < -0.4 is 10.6 Å². The number of carbonyl (C=O) groups is 2. The lowest BCUT2D eigenvalue weighted by molar-refractivity contribution is -0.135. The first-order valence-corrected chi connectivity index (χ1v) is 16.2. The highest BCUT2D eigenvalue weighted by atomic mass is 35.5. The van der Waals surface area contributed by atoms with Crippen LogP contribution in [0, 0.1) is 35.4 Å². The summed E-state index contributed by atoms with van der Waals surface area (Å²) in [7, 11) is 1.28. The van der Waals surface area contributed by atoms with Crippen LogP contribution in [0.1, 0.15) is 74.5 Å². The van der Waals surface area contributed by atoms with Crippen molar-refractivity contribution < 1.29 is 18.7 Å². The molecule has 10 nitrogen and oxygen atoms in total. The predicted molar refractivity (Wildman–Crippen MR) is 201 cm³/mol. The van der Waals surface area contributed by atoms with Crippen LogP contribution in [-0.2, 0) is 9.53 Å². The molecule has 2 aromatic carbocycles. The Bertz CT molecular complexity index is 1940. The number of alkyl carbamates (subject to hydrolysis) is 1. The minimum Gasteiger partial charge on any atom is -0.453 e. The quantitative estimate of drug-likeness (QED) is 0.155. The first-order valence-electron chi connectivity index (χ1n) is 16.2. The van der Waals surface area contributed by atoms with E-state index in [2.05, 4.69) is 54.3 Å². The molecule has 2 aromatic heterocycles. The zero-order chi connectivity index (χ0) is 33.6. The molecule has 0 aliphatic carbocycles. The number of aromatic nitrogens is 4. The van der Waals surface area contributed by atoms with Crippen LogP contribution in [-0.4, -0.2) is 63.1 Å². The maximum absolute atomic E-state index is 15.1. The van der Waals surface area contributed by atoms with Gasteiger partial charge in [0.2, 0.25) is 5.91 Å². The van der Waals surface area contributed by atoms with Gasteiger partial charge in [-0.25, -0.2) is 19.2 Å². The number of carbonyl (C=O) groups excluding carboxylic acids is 2. The second kappa shape index (κ2) is 18.6. The molecule has 14 heteroatoms. The Morgan fingerprint density at radius 3 is 2.45 bits per heavy atom. The molecule has 4 heterocycles.